The van der Waals surface area contributed by atoms with Crippen molar-refractivity contribution in [3.05, 3.63) is 34.0 Å². The minimum Gasteiger partial charge on any atom is -0.455 e. The first kappa shape index (κ1) is 37.0. The van der Waals surface area contributed by atoms with Crippen molar-refractivity contribution < 1.29 is 37.7 Å². The van der Waals surface area contributed by atoms with E-state index >= 15 is 0 Å². The molecule has 0 amide bonds. The van der Waals surface area contributed by atoms with E-state index in [1.165, 1.54) is 0 Å². The quantitative estimate of drug-likeness (QED) is 0.0814. The van der Waals surface area contributed by atoms with Crippen LogP contribution in [-0.2, 0) is 32.9 Å². The molecular weight excluding hydrogens is 667 g/mol. The minimum absolute atomic E-state index is 0.0222. The average Bonchev–Trinajstić information content (AvgIpc) is 3.27. The van der Waals surface area contributed by atoms with E-state index in [1.54, 1.807) is 27.7 Å². The third kappa shape index (κ3) is 8.92. The first-order valence-corrected chi connectivity index (χ1v) is 19.1. The highest BCUT2D eigenvalue weighted by atomic mass is 127. The fourth-order valence-corrected chi connectivity index (χ4v) is 6.56. The van der Waals surface area contributed by atoms with Crippen LogP contribution in [0.25, 0.3) is 0 Å². The fourth-order valence-electron chi connectivity index (χ4n) is 4.86. The van der Waals surface area contributed by atoms with Crippen LogP contribution in [0.5, 0.6) is 0 Å². The van der Waals surface area contributed by atoms with Gasteiger partial charge in [-0.3, -0.25) is 4.79 Å². The van der Waals surface area contributed by atoms with Gasteiger partial charge in [0.15, 0.2) is 32.9 Å². The highest BCUT2D eigenvalue weighted by Crippen LogP contribution is 2.41. The molecule has 2 rings (SSSR count). The lowest BCUT2D eigenvalue weighted by Gasteiger charge is -2.46. The van der Waals surface area contributed by atoms with Crippen molar-refractivity contribution in [1.29, 1.82) is 0 Å². The molecule has 10 heteroatoms. The molecule has 8 nitrogen and oxygen atoms in total. The van der Waals surface area contributed by atoms with E-state index in [1.807, 2.05) is 17.1 Å². The summed E-state index contributed by atoms with van der Waals surface area (Å²) in [6, 6.07) is 0. The van der Waals surface area contributed by atoms with Crippen molar-refractivity contribution in [3.63, 3.8) is 0 Å². The van der Waals surface area contributed by atoms with E-state index in [2.05, 4.69) is 83.0 Å². The summed E-state index contributed by atoms with van der Waals surface area (Å²) in [5.74, 6) is -0.774. The van der Waals surface area contributed by atoms with Crippen LogP contribution in [0.15, 0.2) is 34.0 Å². The Balaban J connectivity index is 2.42. The second-order valence-corrected chi connectivity index (χ2v) is 19.2. The fraction of sp³-hybridized carbons (Fsp3) is 0.750. The Labute approximate surface area is 268 Å². The van der Waals surface area contributed by atoms with Crippen molar-refractivity contribution in [1.82, 2.24) is 0 Å². The van der Waals surface area contributed by atoms with Crippen molar-refractivity contribution in [2.24, 2.45) is 11.8 Å². The van der Waals surface area contributed by atoms with Crippen LogP contribution in [0.4, 0.5) is 4.79 Å². The second kappa shape index (κ2) is 14.7. The minimum atomic E-state index is -2.03. The van der Waals surface area contributed by atoms with Crippen molar-refractivity contribution in [2.45, 2.75) is 143 Å². The van der Waals surface area contributed by atoms with E-state index in [-0.39, 0.29) is 29.1 Å². The second-order valence-electron chi connectivity index (χ2n) is 13.8. The Morgan fingerprint density at radius 3 is 2.24 bits per heavy atom. The maximum atomic E-state index is 12.5. The van der Waals surface area contributed by atoms with Gasteiger partial charge in [0.2, 0.25) is 0 Å². The van der Waals surface area contributed by atoms with Gasteiger partial charge < -0.3 is 28.1 Å². The van der Waals surface area contributed by atoms with Crippen LogP contribution in [-0.4, -0.2) is 62.9 Å². The van der Waals surface area contributed by atoms with Gasteiger partial charge in [0.25, 0.3) is 0 Å². The van der Waals surface area contributed by atoms with Gasteiger partial charge in [-0.1, -0.05) is 76.3 Å². The molecule has 0 aliphatic carbocycles. The number of ether oxygens (including phenoxy) is 5. The number of hydrogen-bond donors (Lipinski definition) is 0. The smallest absolute Gasteiger partial charge is 0.455 e. The third-order valence-electron chi connectivity index (χ3n) is 8.55. The molecule has 0 aromatic rings. The largest absolute Gasteiger partial charge is 0.509 e. The van der Waals surface area contributed by atoms with E-state index in [0.717, 1.165) is 17.6 Å². The lowest BCUT2D eigenvalue weighted by Crippen LogP contribution is -2.63. The van der Waals surface area contributed by atoms with Crippen LogP contribution >= 0.6 is 22.6 Å². The number of rotatable bonds is 13. The number of hydrogen-bond acceptors (Lipinski definition) is 8. The van der Waals surface area contributed by atoms with Gasteiger partial charge >= 0.3 is 12.1 Å². The molecule has 7 atom stereocenters. The highest BCUT2D eigenvalue weighted by Gasteiger charge is 2.60. The number of fused-ring (bicyclic) bond motifs is 1. The standard InChI is InChI=1S/C32H53IO8Si/c1-14-16-23(41-42(12,13)31(7,8)9)20(5)17-22(15-2)24(21(6)18-33)36-29-26-25(37-30(35)38-26)27(32(10,11)40-29)39-28(34)19(3)4/h14,17-19,22-27,29H,1,15-16H2,2-13H3/b20-17+,21-18+/t22-,23-,24?,25+,26-,27-,29+/m0/s1. The zero-order valence-electron chi connectivity index (χ0n) is 27.6. The number of esters is 1. The summed E-state index contributed by atoms with van der Waals surface area (Å²) < 4.78 is 38.8. The monoisotopic (exact) mass is 720 g/mol. The molecule has 2 saturated heterocycles. The Kier molecular flexibility index (Phi) is 13.0. The first-order chi connectivity index (χ1) is 19.3. The maximum Gasteiger partial charge on any atom is 0.509 e. The number of carbonyl (C=O) groups excluding carboxylic acids is 2. The highest BCUT2D eigenvalue weighted by molar-refractivity contribution is 14.1. The summed E-state index contributed by atoms with van der Waals surface area (Å²) in [7, 11) is -2.03. The van der Waals surface area contributed by atoms with Crippen LogP contribution in [0.3, 0.4) is 0 Å². The summed E-state index contributed by atoms with van der Waals surface area (Å²) in [4.78, 5) is 24.8. The zero-order chi connectivity index (χ0) is 32.2. The van der Waals surface area contributed by atoms with Gasteiger partial charge in [-0.25, -0.2) is 4.79 Å². The molecule has 2 fully saturated rings. The first-order valence-electron chi connectivity index (χ1n) is 14.9. The molecule has 0 bridgehead atoms. The SMILES string of the molecule is C=CC[C@H](O[Si](C)(C)C(C)(C)C)/C(C)=C/[C@H](CC)C(O[C@@H]1OC(C)(C)[C@@H](OC(=O)C(C)C)[C@@H]2OC(=O)O[C@H]12)/C(C)=C/I. The number of halogens is 1. The summed E-state index contributed by atoms with van der Waals surface area (Å²) in [5, 5.41) is 0.0762. The lowest BCUT2D eigenvalue weighted by molar-refractivity contribution is -0.314. The topological polar surface area (TPSA) is 89.5 Å². The predicted molar refractivity (Wildman–Crippen MR) is 176 cm³/mol. The molecular formula is C32H53IO8Si. The van der Waals surface area contributed by atoms with Crippen molar-refractivity contribution in [3.8, 4) is 0 Å². The van der Waals surface area contributed by atoms with Gasteiger partial charge in [0, 0.05) is 5.92 Å². The average molecular weight is 721 g/mol. The molecule has 0 aromatic carbocycles. The van der Waals surface area contributed by atoms with Gasteiger partial charge in [0.05, 0.1) is 18.1 Å². The van der Waals surface area contributed by atoms with Crippen molar-refractivity contribution >= 4 is 43.0 Å². The van der Waals surface area contributed by atoms with Crippen LogP contribution in [0.2, 0.25) is 18.1 Å². The molecule has 2 heterocycles. The molecule has 42 heavy (non-hydrogen) atoms. The Hall–Kier alpha value is -1.21. The Morgan fingerprint density at radius 1 is 1.14 bits per heavy atom. The Morgan fingerprint density at radius 2 is 1.74 bits per heavy atom. The van der Waals surface area contributed by atoms with Gasteiger partial charge in [0.1, 0.15) is 5.60 Å². The van der Waals surface area contributed by atoms with Crippen LogP contribution in [0, 0.1) is 11.8 Å². The van der Waals surface area contributed by atoms with E-state index in [4.69, 9.17) is 28.1 Å². The van der Waals surface area contributed by atoms with E-state index < -0.39 is 50.6 Å². The summed E-state index contributed by atoms with van der Waals surface area (Å²) >= 11 is 2.22. The molecule has 0 radical (unpaired) electrons. The molecule has 0 saturated carbocycles. The summed E-state index contributed by atoms with van der Waals surface area (Å²) in [6.07, 6.45) is 0.832. The maximum absolute atomic E-state index is 12.5. The summed E-state index contributed by atoms with van der Waals surface area (Å²) in [5.41, 5.74) is 1.13. The number of carbonyl (C=O) groups is 2. The molecule has 1 unspecified atom stereocenters. The normalized spacial score (nSPS) is 27.0. The molecule has 2 aliphatic rings. The van der Waals surface area contributed by atoms with Gasteiger partial charge in [-0.2, -0.15) is 0 Å². The summed E-state index contributed by atoms with van der Waals surface area (Å²) in [6.45, 7) is 28.6. The third-order valence-corrected chi connectivity index (χ3v) is 14.0. The zero-order valence-corrected chi connectivity index (χ0v) is 30.8. The lowest BCUT2D eigenvalue weighted by atomic mass is 9.88. The van der Waals surface area contributed by atoms with E-state index in [9.17, 15) is 9.59 Å². The molecule has 240 valence electrons. The molecule has 0 aromatic heterocycles. The predicted octanol–water partition coefficient (Wildman–Crippen LogP) is 8.26. The van der Waals surface area contributed by atoms with Gasteiger partial charge in [-0.05, 0) is 73.9 Å². The molecule has 0 spiro atoms. The molecule has 0 N–H and O–H groups in total. The van der Waals surface area contributed by atoms with Crippen LogP contribution < -0.4 is 0 Å². The van der Waals surface area contributed by atoms with E-state index in [0.29, 0.717) is 6.42 Å². The molecule has 2 aliphatic heterocycles. The van der Waals surface area contributed by atoms with Crippen molar-refractivity contribution in [2.75, 3.05) is 0 Å². The Bertz CT molecular complexity index is 1030. The van der Waals surface area contributed by atoms with Gasteiger partial charge in [-0.15, -0.1) is 6.58 Å². The van der Waals surface area contributed by atoms with Crippen LogP contribution in [0.1, 0.15) is 82.1 Å².